The Hall–Kier alpha value is -3.11. The molecule has 2 aliphatic heterocycles. The fraction of sp³-hybridized carbons (Fsp3) is 0.375. The molecule has 5 rings (SSSR count). The summed E-state index contributed by atoms with van der Waals surface area (Å²) in [5.74, 6) is 0.206. The van der Waals surface area contributed by atoms with Gasteiger partial charge in [0.05, 0.1) is 16.4 Å². The molecule has 2 fully saturated rings. The van der Waals surface area contributed by atoms with E-state index in [1.165, 1.54) is 6.26 Å². The molecule has 0 bridgehead atoms. The molecule has 0 aliphatic carbocycles. The molecule has 3 aromatic rings. The first-order valence-electron chi connectivity index (χ1n) is 14.3. The maximum atomic E-state index is 13.5. The number of nitrogens with zero attached hydrogens (tertiary/aromatic N) is 2. The van der Waals surface area contributed by atoms with Gasteiger partial charge >= 0.3 is 6.03 Å². The van der Waals surface area contributed by atoms with Crippen molar-refractivity contribution < 1.29 is 18.0 Å². The molecule has 0 radical (unpaired) electrons. The Morgan fingerprint density at radius 3 is 2.19 bits per heavy atom. The van der Waals surface area contributed by atoms with Gasteiger partial charge in [-0.25, -0.2) is 13.2 Å². The van der Waals surface area contributed by atoms with Crippen molar-refractivity contribution in [2.75, 3.05) is 37.8 Å². The van der Waals surface area contributed by atoms with Gasteiger partial charge in [0.25, 0.3) is 0 Å². The maximum absolute atomic E-state index is 13.5. The summed E-state index contributed by atoms with van der Waals surface area (Å²) in [6, 6.07) is 23.4. The molecule has 3 amide bonds. The molecule has 2 heterocycles. The number of piperidine rings is 1. The summed E-state index contributed by atoms with van der Waals surface area (Å²) >= 11 is 5.96. The van der Waals surface area contributed by atoms with E-state index < -0.39 is 9.84 Å². The van der Waals surface area contributed by atoms with E-state index in [1.807, 2.05) is 35.2 Å². The van der Waals surface area contributed by atoms with Crippen LogP contribution in [0.4, 0.5) is 10.5 Å². The van der Waals surface area contributed by atoms with Gasteiger partial charge in [0, 0.05) is 36.6 Å². The van der Waals surface area contributed by atoms with Gasteiger partial charge in [-0.3, -0.25) is 4.79 Å². The van der Waals surface area contributed by atoms with Crippen LogP contribution in [0.2, 0.25) is 5.02 Å². The molecule has 11 heteroatoms. The lowest BCUT2D eigenvalue weighted by Crippen LogP contribution is -2.45. The summed E-state index contributed by atoms with van der Waals surface area (Å²) in [6.07, 6.45) is 4.42. The van der Waals surface area contributed by atoms with Crippen molar-refractivity contribution in [1.82, 2.24) is 15.1 Å². The van der Waals surface area contributed by atoms with E-state index in [0.717, 1.165) is 63.0 Å². The smallest absolute Gasteiger partial charge is 0.319 e. The highest BCUT2D eigenvalue weighted by Crippen LogP contribution is 2.42. The second-order valence-corrected chi connectivity index (χ2v) is 13.8. The van der Waals surface area contributed by atoms with E-state index in [2.05, 4.69) is 15.5 Å². The summed E-state index contributed by atoms with van der Waals surface area (Å²) < 4.78 is 23.5. The minimum Gasteiger partial charge on any atom is -0.338 e. The highest BCUT2D eigenvalue weighted by Gasteiger charge is 2.47. The van der Waals surface area contributed by atoms with Gasteiger partial charge in [-0.1, -0.05) is 54.1 Å². The Kier molecular flexibility index (Phi) is 10.8. The lowest BCUT2D eigenvalue weighted by Gasteiger charge is -2.38. The second-order valence-electron chi connectivity index (χ2n) is 11.4. The number of likely N-dealkylation sites (tertiary alicyclic amines) is 2. The third-order valence-electron chi connectivity index (χ3n) is 8.48. The molecule has 1 atom stereocenters. The molecule has 1 unspecified atom stereocenters. The summed E-state index contributed by atoms with van der Waals surface area (Å²) in [6.45, 7) is 3.69. The van der Waals surface area contributed by atoms with Crippen LogP contribution in [0.3, 0.4) is 0 Å². The zero-order chi connectivity index (χ0) is 29.7. The Labute approximate surface area is 265 Å². The van der Waals surface area contributed by atoms with Crippen LogP contribution < -0.4 is 10.6 Å². The van der Waals surface area contributed by atoms with Crippen molar-refractivity contribution in [3.63, 3.8) is 0 Å². The minimum atomic E-state index is -3.24. The van der Waals surface area contributed by atoms with E-state index in [9.17, 15) is 18.0 Å². The molecular weight excluding hydrogens is 607 g/mol. The van der Waals surface area contributed by atoms with E-state index >= 15 is 0 Å². The van der Waals surface area contributed by atoms with Crippen LogP contribution >= 0.6 is 24.0 Å². The molecule has 3 aromatic carbocycles. The molecule has 2 N–H and O–H groups in total. The van der Waals surface area contributed by atoms with Crippen LogP contribution in [0.25, 0.3) is 0 Å². The molecular formula is C32H38Cl2N4O4S. The molecule has 0 saturated carbocycles. The van der Waals surface area contributed by atoms with E-state index in [4.69, 9.17) is 11.6 Å². The van der Waals surface area contributed by atoms with Crippen LogP contribution in [0.1, 0.15) is 42.9 Å². The zero-order valence-electron chi connectivity index (χ0n) is 24.2. The lowest BCUT2D eigenvalue weighted by atomic mass is 9.77. The highest BCUT2D eigenvalue weighted by atomic mass is 35.5. The number of rotatable bonds is 9. The van der Waals surface area contributed by atoms with Gasteiger partial charge in [-0.2, -0.15) is 0 Å². The summed E-state index contributed by atoms with van der Waals surface area (Å²) in [5.41, 5.74) is 2.33. The fourth-order valence-corrected chi connectivity index (χ4v) is 6.71. The minimum absolute atomic E-state index is 0. The quantitative estimate of drug-likeness (QED) is 0.301. The number of nitrogens with one attached hydrogen (secondary N) is 2. The Morgan fingerprint density at radius 2 is 1.56 bits per heavy atom. The van der Waals surface area contributed by atoms with Crippen LogP contribution in [0.15, 0.2) is 83.8 Å². The Balaban J connectivity index is 0.00000423. The molecule has 230 valence electrons. The lowest BCUT2D eigenvalue weighted by molar-refractivity contribution is -0.138. The largest absolute Gasteiger partial charge is 0.338 e. The van der Waals surface area contributed by atoms with Crippen molar-refractivity contribution in [3.05, 3.63) is 95.0 Å². The normalized spacial score (nSPS) is 17.3. The number of hydrogen-bond donors (Lipinski definition) is 2. The third-order valence-corrected chi connectivity index (χ3v) is 9.86. The highest BCUT2D eigenvalue weighted by molar-refractivity contribution is 7.90. The summed E-state index contributed by atoms with van der Waals surface area (Å²) in [5, 5.41) is 6.62. The maximum Gasteiger partial charge on any atom is 0.319 e. The summed E-state index contributed by atoms with van der Waals surface area (Å²) in [7, 11) is -3.24. The third kappa shape index (κ3) is 8.29. The van der Waals surface area contributed by atoms with E-state index in [-0.39, 0.29) is 40.7 Å². The average Bonchev–Trinajstić information content (AvgIpc) is 3.27. The second kappa shape index (κ2) is 14.1. The van der Waals surface area contributed by atoms with Crippen molar-refractivity contribution in [2.24, 2.45) is 5.41 Å². The average molecular weight is 646 g/mol. The number of benzene rings is 3. The molecule has 2 saturated heterocycles. The number of halogens is 2. The van der Waals surface area contributed by atoms with Gasteiger partial charge in [0.15, 0.2) is 9.84 Å². The zero-order valence-corrected chi connectivity index (χ0v) is 26.6. The SMILES string of the molecule is CS(=O)(=O)c1ccc(CN2CCC3(CCN(CCC(NC(=O)Nc4ccc(Cl)cc4)c4ccccc4)CC3)C2=O)cc1.Cl. The van der Waals surface area contributed by atoms with Gasteiger partial charge in [0.1, 0.15) is 0 Å². The Morgan fingerprint density at radius 1 is 0.930 bits per heavy atom. The van der Waals surface area contributed by atoms with Crippen molar-refractivity contribution in [1.29, 1.82) is 0 Å². The molecule has 2 aliphatic rings. The number of urea groups is 1. The first kappa shape index (κ1) is 32.8. The van der Waals surface area contributed by atoms with Gasteiger partial charge < -0.3 is 20.4 Å². The van der Waals surface area contributed by atoms with Crippen LogP contribution in [0, 0.1) is 5.41 Å². The molecule has 8 nitrogen and oxygen atoms in total. The number of amides is 3. The van der Waals surface area contributed by atoms with Gasteiger partial charge in [0.2, 0.25) is 5.91 Å². The van der Waals surface area contributed by atoms with Gasteiger partial charge in [-0.05, 0) is 86.3 Å². The first-order chi connectivity index (χ1) is 20.1. The molecule has 43 heavy (non-hydrogen) atoms. The van der Waals surface area contributed by atoms with Crippen LogP contribution in [-0.2, 0) is 21.2 Å². The number of hydrogen-bond acceptors (Lipinski definition) is 5. The van der Waals surface area contributed by atoms with Crippen molar-refractivity contribution in [3.8, 4) is 0 Å². The summed E-state index contributed by atoms with van der Waals surface area (Å²) in [4.78, 5) is 30.9. The molecule has 0 aromatic heterocycles. The van der Waals surface area contributed by atoms with Gasteiger partial charge in [-0.15, -0.1) is 12.4 Å². The van der Waals surface area contributed by atoms with E-state index in [0.29, 0.717) is 17.3 Å². The van der Waals surface area contributed by atoms with Crippen molar-refractivity contribution >= 4 is 51.5 Å². The number of carbonyl (C=O) groups is 2. The number of carbonyl (C=O) groups excluding carboxylic acids is 2. The monoisotopic (exact) mass is 644 g/mol. The van der Waals surface area contributed by atoms with Crippen molar-refractivity contribution in [2.45, 2.75) is 43.2 Å². The first-order valence-corrected chi connectivity index (χ1v) is 16.6. The number of anilines is 1. The molecule has 1 spiro atoms. The van der Waals surface area contributed by atoms with Crippen LogP contribution in [-0.4, -0.2) is 62.6 Å². The van der Waals surface area contributed by atoms with E-state index in [1.54, 1.807) is 48.5 Å². The predicted molar refractivity (Wildman–Crippen MR) is 172 cm³/mol. The number of sulfone groups is 1. The topological polar surface area (TPSA) is 98.8 Å². The Bertz CT molecular complexity index is 1490. The van der Waals surface area contributed by atoms with Crippen LogP contribution in [0.5, 0.6) is 0 Å². The standard InChI is InChI=1S/C32H37ClN4O4S.ClH/c1-42(40,41)28-13-7-24(8-14-28)23-37-22-18-32(30(37)38)16-20-36(21-17-32)19-15-29(25-5-3-2-4-6-25)35-31(39)34-27-11-9-26(33)10-12-27;/h2-14,29H,15-23H2,1H3,(H2,34,35,39);1H. The predicted octanol–water partition coefficient (Wildman–Crippen LogP) is 5.93. The fourth-order valence-electron chi connectivity index (χ4n) is 5.95.